The number of hydrogen-bond acceptors (Lipinski definition) is 4. The van der Waals surface area contributed by atoms with Gasteiger partial charge in [0.05, 0.1) is 5.60 Å². The van der Waals surface area contributed by atoms with Crippen molar-refractivity contribution in [3.05, 3.63) is 30.1 Å². The fraction of sp³-hybridized carbons (Fsp3) is 0.667. The van der Waals surface area contributed by atoms with Crippen LogP contribution in [0.3, 0.4) is 0 Å². The molecule has 1 amide bonds. The zero-order chi connectivity index (χ0) is 19.3. The fourth-order valence-corrected chi connectivity index (χ4v) is 4.15. The first-order valence-electron chi connectivity index (χ1n) is 9.99. The predicted octanol–water partition coefficient (Wildman–Crippen LogP) is 3.13. The number of amides is 1. The van der Waals surface area contributed by atoms with E-state index in [1.54, 1.807) is 12.1 Å². The normalized spacial score (nSPS) is 25.0. The summed E-state index contributed by atoms with van der Waals surface area (Å²) >= 11 is 0. The van der Waals surface area contributed by atoms with E-state index >= 15 is 0 Å². The molecule has 5 nitrogen and oxygen atoms in total. The molecule has 1 aromatic rings. The Hall–Kier alpha value is -1.66. The number of ether oxygens (including phenoxy) is 2. The van der Waals surface area contributed by atoms with Gasteiger partial charge in [-0.05, 0) is 70.3 Å². The molecule has 2 unspecified atom stereocenters. The van der Waals surface area contributed by atoms with Gasteiger partial charge in [0.15, 0.2) is 0 Å². The Morgan fingerprint density at radius 2 is 2.04 bits per heavy atom. The number of nitrogens with zero attached hydrogens (tertiary/aromatic N) is 1. The third-order valence-corrected chi connectivity index (χ3v) is 5.45. The van der Waals surface area contributed by atoms with Gasteiger partial charge in [-0.25, -0.2) is 4.39 Å². The zero-order valence-electron chi connectivity index (χ0n) is 16.4. The summed E-state index contributed by atoms with van der Waals surface area (Å²) in [6.07, 6.45) is 4.42. The number of hydrogen-bond donors (Lipinski definition) is 1. The van der Waals surface area contributed by atoms with Gasteiger partial charge in [0.1, 0.15) is 18.2 Å². The van der Waals surface area contributed by atoms with Crippen LogP contribution in [-0.4, -0.2) is 54.8 Å². The van der Waals surface area contributed by atoms with Gasteiger partial charge in [-0.2, -0.15) is 0 Å². The Kier molecular flexibility index (Phi) is 6.71. The molecule has 1 aromatic carbocycles. The summed E-state index contributed by atoms with van der Waals surface area (Å²) in [5.74, 6) is 0.708. The lowest BCUT2D eigenvalue weighted by Crippen LogP contribution is -2.50. The summed E-state index contributed by atoms with van der Waals surface area (Å²) in [4.78, 5) is 14.6. The van der Waals surface area contributed by atoms with E-state index in [1.807, 2.05) is 0 Å². The monoisotopic (exact) mass is 378 g/mol. The van der Waals surface area contributed by atoms with Crippen molar-refractivity contribution in [1.82, 2.24) is 10.2 Å². The molecular weight excluding hydrogens is 347 g/mol. The number of nitrogens with one attached hydrogen (secondary N) is 1. The molecule has 0 aromatic heterocycles. The lowest BCUT2D eigenvalue weighted by atomic mass is 9.92. The summed E-state index contributed by atoms with van der Waals surface area (Å²) in [5, 5.41) is 3.39. The Balaban J connectivity index is 1.38. The van der Waals surface area contributed by atoms with E-state index in [4.69, 9.17) is 9.47 Å². The summed E-state index contributed by atoms with van der Waals surface area (Å²) in [7, 11) is 0. The number of benzene rings is 1. The van der Waals surface area contributed by atoms with Gasteiger partial charge in [-0.3, -0.25) is 4.79 Å². The minimum Gasteiger partial charge on any atom is -0.492 e. The van der Waals surface area contributed by atoms with Gasteiger partial charge in [-0.15, -0.1) is 0 Å². The van der Waals surface area contributed by atoms with E-state index in [0.29, 0.717) is 36.8 Å². The van der Waals surface area contributed by atoms with Crippen LogP contribution in [0, 0.1) is 5.82 Å². The van der Waals surface area contributed by atoms with E-state index in [-0.39, 0.29) is 11.4 Å². The molecular formula is C21H31FN2O3. The summed E-state index contributed by atoms with van der Waals surface area (Å²) < 4.78 is 24.2. The second-order valence-electron chi connectivity index (χ2n) is 8.09. The van der Waals surface area contributed by atoms with Gasteiger partial charge in [-0.1, -0.05) is 0 Å². The molecule has 150 valence electrons. The molecule has 2 saturated heterocycles. The summed E-state index contributed by atoms with van der Waals surface area (Å²) in [5.41, 5.74) is -0.147. The molecule has 0 bridgehead atoms. The molecule has 0 saturated carbocycles. The highest BCUT2D eigenvalue weighted by molar-refractivity contribution is 5.79. The topological polar surface area (TPSA) is 50.8 Å². The maximum Gasteiger partial charge on any atom is 0.223 e. The first-order valence-corrected chi connectivity index (χ1v) is 9.99. The predicted molar refractivity (Wildman–Crippen MR) is 102 cm³/mol. The number of carbonyl (C=O) groups is 1. The van der Waals surface area contributed by atoms with Crippen molar-refractivity contribution in [2.24, 2.45) is 0 Å². The van der Waals surface area contributed by atoms with Crippen LogP contribution in [0.5, 0.6) is 5.75 Å². The van der Waals surface area contributed by atoms with E-state index in [0.717, 1.165) is 45.4 Å². The fourth-order valence-electron chi connectivity index (χ4n) is 4.15. The van der Waals surface area contributed by atoms with Crippen molar-refractivity contribution >= 4 is 5.91 Å². The molecule has 3 rings (SSSR count). The third-order valence-electron chi connectivity index (χ3n) is 5.45. The number of rotatable bonds is 8. The van der Waals surface area contributed by atoms with Gasteiger partial charge >= 0.3 is 0 Å². The van der Waals surface area contributed by atoms with E-state index in [1.165, 1.54) is 12.1 Å². The lowest BCUT2D eigenvalue weighted by Gasteiger charge is -2.42. The van der Waals surface area contributed by atoms with Gasteiger partial charge in [0, 0.05) is 31.7 Å². The average Bonchev–Trinajstić information content (AvgIpc) is 2.99. The van der Waals surface area contributed by atoms with Crippen LogP contribution < -0.4 is 10.1 Å². The quantitative estimate of drug-likeness (QED) is 0.706. The Morgan fingerprint density at radius 3 is 2.78 bits per heavy atom. The molecule has 1 N–H and O–H groups in total. The smallest absolute Gasteiger partial charge is 0.223 e. The average molecular weight is 378 g/mol. The van der Waals surface area contributed by atoms with Gasteiger partial charge in [0.2, 0.25) is 5.91 Å². The van der Waals surface area contributed by atoms with Crippen molar-refractivity contribution in [2.45, 2.75) is 63.6 Å². The molecule has 2 aliphatic heterocycles. The van der Waals surface area contributed by atoms with Gasteiger partial charge in [0.25, 0.3) is 0 Å². The molecule has 0 aliphatic carbocycles. The van der Waals surface area contributed by atoms with E-state index in [9.17, 15) is 9.18 Å². The van der Waals surface area contributed by atoms with Crippen LogP contribution in [0.25, 0.3) is 0 Å². The molecule has 0 spiro atoms. The summed E-state index contributed by atoms with van der Waals surface area (Å²) in [6.45, 7) is 7.06. The van der Waals surface area contributed by atoms with Crippen LogP contribution in [-0.2, 0) is 9.53 Å². The van der Waals surface area contributed by atoms with E-state index < -0.39 is 0 Å². The van der Waals surface area contributed by atoms with Crippen molar-refractivity contribution in [3.8, 4) is 5.75 Å². The second kappa shape index (κ2) is 9.02. The maximum atomic E-state index is 12.9. The van der Waals surface area contributed by atoms with Crippen molar-refractivity contribution in [2.75, 3.05) is 26.3 Å². The Bertz CT molecular complexity index is 620. The number of halogens is 1. The van der Waals surface area contributed by atoms with Crippen molar-refractivity contribution in [1.29, 1.82) is 0 Å². The molecule has 2 aliphatic rings. The largest absolute Gasteiger partial charge is 0.492 e. The molecule has 2 atom stereocenters. The minimum absolute atomic E-state index is 0.147. The third kappa shape index (κ3) is 5.66. The summed E-state index contributed by atoms with van der Waals surface area (Å²) in [6, 6.07) is 6.68. The van der Waals surface area contributed by atoms with Crippen LogP contribution in [0.1, 0.15) is 46.0 Å². The minimum atomic E-state index is -0.260. The highest BCUT2D eigenvalue weighted by Gasteiger charge is 2.40. The maximum absolute atomic E-state index is 12.9. The van der Waals surface area contributed by atoms with E-state index in [2.05, 4.69) is 24.1 Å². The Morgan fingerprint density at radius 1 is 1.26 bits per heavy atom. The van der Waals surface area contributed by atoms with Crippen LogP contribution in [0.2, 0.25) is 0 Å². The van der Waals surface area contributed by atoms with Crippen LogP contribution >= 0.6 is 0 Å². The molecule has 6 heteroatoms. The van der Waals surface area contributed by atoms with Crippen LogP contribution in [0.15, 0.2) is 24.3 Å². The number of likely N-dealkylation sites (tertiary alicyclic amines) is 1. The molecule has 0 radical (unpaired) electrons. The standard InChI is InChI=1S/C21H31FN2O3/c1-21(2)15-18(10-13-27-21)24-17(5-8-20(24)25)9-11-23-12-14-26-19-6-3-16(22)4-7-19/h3-4,6-7,17-18,23H,5,8-15H2,1-2H3. The molecule has 2 fully saturated rings. The SMILES string of the molecule is CC1(C)CC(N2C(=O)CCC2CCNCCOc2ccc(F)cc2)CCO1. The Labute approximate surface area is 161 Å². The highest BCUT2D eigenvalue weighted by atomic mass is 19.1. The first-order chi connectivity index (χ1) is 12.9. The second-order valence-corrected chi connectivity index (χ2v) is 8.09. The van der Waals surface area contributed by atoms with Crippen LogP contribution in [0.4, 0.5) is 4.39 Å². The molecule has 2 heterocycles. The first kappa shape index (κ1) is 20.1. The lowest BCUT2D eigenvalue weighted by molar-refractivity contribution is -0.138. The zero-order valence-corrected chi connectivity index (χ0v) is 16.4. The van der Waals surface area contributed by atoms with Crippen molar-refractivity contribution < 1.29 is 18.7 Å². The van der Waals surface area contributed by atoms with Gasteiger partial charge < -0.3 is 19.7 Å². The number of carbonyl (C=O) groups excluding carboxylic acids is 1. The highest BCUT2D eigenvalue weighted by Crippen LogP contribution is 2.33. The molecule has 27 heavy (non-hydrogen) atoms. The van der Waals surface area contributed by atoms with Crippen molar-refractivity contribution in [3.63, 3.8) is 0 Å².